The fraction of sp³-hybridized carbons (Fsp3) is 0.158. The van der Waals surface area contributed by atoms with E-state index in [0.717, 1.165) is 17.6 Å². The lowest BCUT2D eigenvalue weighted by atomic mass is 9.90. The Labute approximate surface area is 172 Å². The molecule has 1 atom stereocenters. The molecule has 10 heteroatoms. The summed E-state index contributed by atoms with van der Waals surface area (Å²) in [7, 11) is 0. The minimum Gasteiger partial charge on any atom is -0.403 e. The summed E-state index contributed by atoms with van der Waals surface area (Å²) in [6.45, 7) is 0. The second-order valence-electron chi connectivity index (χ2n) is 6.34. The maximum atomic E-state index is 13.9. The van der Waals surface area contributed by atoms with Crippen molar-refractivity contribution in [1.82, 2.24) is 4.40 Å². The van der Waals surface area contributed by atoms with Gasteiger partial charge >= 0.3 is 12.1 Å². The van der Waals surface area contributed by atoms with Gasteiger partial charge in [-0.25, -0.2) is 4.79 Å². The Morgan fingerprint density at radius 3 is 2.52 bits per heavy atom. The summed E-state index contributed by atoms with van der Waals surface area (Å²) >= 11 is 11.7. The first-order valence-electron chi connectivity index (χ1n) is 8.26. The van der Waals surface area contributed by atoms with Gasteiger partial charge in [0.1, 0.15) is 5.69 Å². The third-order valence-corrected chi connectivity index (χ3v) is 4.91. The molecule has 1 aromatic carbocycles. The van der Waals surface area contributed by atoms with Crippen molar-refractivity contribution in [2.45, 2.75) is 18.2 Å². The Hall–Kier alpha value is -2.71. The first kappa shape index (κ1) is 19.6. The second kappa shape index (κ2) is 6.96. The van der Waals surface area contributed by atoms with Crippen LogP contribution in [0.5, 0.6) is 0 Å². The number of pyridine rings is 1. The Kier molecular flexibility index (Phi) is 4.71. The van der Waals surface area contributed by atoms with Crippen molar-refractivity contribution < 1.29 is 27.5 Å². The van der Waals surface area contributed by atoms with Gasteiger partial charge in [-0.05, 0) is 42.5 Å². The zero-order valence-electron chi connectivity index (χ0n) is 14.4. The Balaban J connectivity index is 1.63. The van der Waals surface area contributed by atoms with Crippen LogP contribution in [0, 0.1) is 0 Å². The molecular weight excluding hydrogens is 432 g/mol. The average Bonchev–Trinajstić information content (AvgIpc) is 3.27. The van der Waals surface area contributed by atoms with Crippen molar-refractivity contribution in [2.24, 2.45) is 5.16 Å². The summed E-state index contributed by atoms with van der Waals surface area (Å²) in [4.78, 5) is 17.3. The van der Waals surface area contributed by atoms with E-state index in [1.807, 2.05) is 0 Å². The van der Waals surface area contributed by atoms with E-state index in [1.165, 1.54) is 12.1 Å². The van der Waals surface area contributed by atoms with Gasteiger partial charge in [-0.1, -0.05) is 34.4 Å². The van der Waals surface area contributed by atoms with Gasteiger partial charge in [-0.3, -0.25) is 0 Å². The first-order valence-corrected chi connectivity index (χ1v) is 9.02. The fourth-order valence-corrected chi connectivity index (χ4v) is 3.64. The van der Waals surface area contributed by atoms with Crippen LogP contribution >= 0.6 is 23.2 Å². The Bertz CT molecular complexity index is 1120. The van der Waals surface area contributed by atoms with Crippen LogP contribution < -0.4 is 0 Å². The zero-order valence-corrected chi connectivity index (χ0v) is 15.9. The van der Waals surface area contributed by atoms with Gasteiger partial charge in [0.2, 0.25) is 5.90 Å². The number of hydrogen-bond acceptors (Lipinski definition) is 4. The summed E-state index contributed by atoms with van der Waals surface area (Å²) in [5.41, 5.74) is -2.35. The topological polar surface area (TPSA) is 52.3 Å². The van der Waals surface area contributed by atoms with Crippen LogP contribution in [-0.2, 0) is 15.2 Å². The van der Waals surface area contributed by atoms with E-state index in [0.29, 0.717) is 0 Å². The molecule has 0 aliphatic carbocycles. The van der Waals surface area contributed by atoms with Crippen LogP contribution in [0.25, 0.3) is 5.52 Å². The number of halogens is 5. The summed E-state index contributed by atoms with van der Waals surface area (Å²) in [6, 6.07) is 11.8. The highest BCUT2D eigenvalue weighted by Crippen LogP contribution is 2.49. The van der Waals surface area contributed by atoms with Gasteiger partial charge in [0.15, 0.2) is 0 Å². The molecular formula is C19H11Cl2F3N2O3. The van der Waals surface area contributed by atoms with Gasteiger partial charge in [0.25, 0.3) is 5.60 Å². The van der Waals surface area contributed by atoms with E-state index in [9.17, 15) is 18.0 Å². The number of rotatable bonds is 2. The molecule has 1 unspecified atom stereocenters. The molecule has 2 aromatic heterocycles. The summed E-state index contributed by atoms with van der Waals surface area (Å²) in [5, 5.41) is 3.39. The quantitative estimate of drug-likeness (QED) is 0.485. The number of benzene rings is 1. The highest BCUT2D eigenvalue weighted by atomic mass is 35.5. The molecule has 150 valence electrons. The summed E-state index contributed by atoms with van der Waals surface area (Å²) in [6.07, 6.45) is -4.09. The predicted octanol–water partition coefficient (Wildman–Crippen LogP) is 5.59. The molecule has 5 nitrogen and oxygen atoms in total. The van der Waals surface area contributed by atoms with E-state index in [1.54, 1.807) is 34.9 Å². The number of fused-ring (bicyclic) bond motifs is 1. The van der Waals surface area contributed by atoms with Crippen LogP contribution in [-0.4, -0.2) is 22.4 Å². The van der Waals surface area contributed by atoms with Crippen molar-refractivity contribution in [3.05, 3.63) is 76.0 Å². The third kappa shape index (κ3) is 3.42. The molecule has 4 rings (SSSR count). The van der Waals surface area contributed by atoms with E-state index in [4.69, 9.17) is 32.8 Å². The number of hydrogen-bond donors (Lipinski definition) is 0. The largest absolute Gasteiger partial charge is 0.435 e. The van der Waals surface area contributed by atoms with Crippen molar-refractivity contribution in [3.8, 4) is 0 Å². The van der Waals surface area contributed by atoms with Gasteiger partial charge in [0.05, 0.1) is 6.42 Å². The van der Waals surface area contributed by atoms with Crippen molar-refractivity contribution >= 4 is 40.6 Å². The number of carbonyl (C=O) groups is 1. The van der Waals surface area contributed by atoms with E-state index < -0.39 is 30.1 Å². The number of esters is 1. The Morgan fingerprint density at radius 2 is 1.83 bits per heavy atom. The van der Waals surface area contributed by atoms with Crippen LogP contribution in [0.1, 0.15) is 22.5 Å². The number of aromatic nitrogens is 1. The molecule has 0 radical (unpaired) electrons. The van der Waals surface area contributed by atoms with Crippen molar-refractivity contribution in [1.29, 1.82) is 0 Å². The molecule has 0 saturated heterocycles. The molecule has 0 spiro atoms. The minimum atomic E-state index is -4.88. The normalized spacial score (nSPS) is 19.1. The minimum absolute atomic E-state index is 0.00413. The molecule has 0 amide bonds. The van der Waals surface area contributed by atoms with E-state index >= 15 is 0 Å². The molecule has 1 aliphatic heterocycles. The second-order valence-corrected chi connectivity index (χ2v) is 7.21. The lowest BCUT2D eigenvalue weighted by molar-refractivity contribution is -0.275. The van der Waals surface area contributed by atoms with Crippen LogP contribution in [0.2, 0.25) is 10.0 Å². The third-order valence-electron chi connectivity index (χ3n) is 4.47. The standard InChI is InChI=1S/C19H11Cl2F3N2O3/c20-12-7-11(8-13(21)9-12)18(19(22,23)24)10-16(25-29-18)28-17(27)15-5-1-3-14-4-2-6-26(14)15/h1-9H,10H2. The zero-order chi connectivity index (χ0) is 20.8. The smallest absolute Gasteiger partial charge is 0.403 e. The molecule has 29 heavy (non-hydrogen) atoms. The summed E-state index contributed by atoms with van der Waals surface area (Å²) in [5.74, 6) is -1.37. The summed E-state index contributed by atoms with van der Waals surface area (Å²) < 4.78 is 48.5. The van der Waals surface area contributed by atoms with Crippen molar-refractivity contribution in [2.75, 3.05) is 0 Å². The van der Waals surface area contributed by atoms with E-state index in [-0.39, 0.29) is 21.3 Å². The lowest BCUT2D eigenvalue weighted by Gasteiger charge is -2.29. The number of oxime groups is 1. The monoisotopic (exact) mass is 442 g/mol. The fourth-order valence-electron chi connectivity index (χ4n) is 3.11. The molecule has 0 fully saturated rings. The van der Waals surface area contributed by atoms with E-state index in [2.05, 4.69) is 5.16 Å². The lowest BCUT2D eigenvalue weighted by Crippen LogP contribution is -2.43. The first-order chi connectivity index (χ1) is 13.7. The van der Waals surface area contributed by atoms with Crippen LogP contribution in [0.15, 0.2) is 59.9 Å². The average molecular weight is 443 g/mol. The molecule has 3 heterocycles. The maximum absolute atomic E-state index is 13.9. The predicted molar refractivity (Wildman–Crippen MR) is 100 cm³/mol. The van der Waals surface area contributed by atoms with Gasteiger partial charge in [-0.15, -0.1) is 0 Å². The highest BCUT2D eigenvalue weighted by Gasteiger charge is 2.63. The number of ether oxygens (including phenoxy) is 1. The maximum Gasteiger partial charge on any atom is 0.435 e. The molecule has 0 N–H and O–H groups in total. The SMILES string of the molecule is O=C(OC1=NOC(c2cc(Cl)cc(Cl)c2)(C(F)(F)F)C1)c1cccc2cccn12. The van der Waals surface area contributed by atoms with Crippen LogP contribution in [0.3, 0.4) is 0 Å². The van der Waals surface area contributed by atoms with Gasteiger partial charge < -0.3 is 14.0 Å². The highest BCUT2D eigenvalue weighted by molar-refractivity contribution is 6.34. The molecule has 0 bridgehead atoms. The number of alkyl halides is 3. The molecule has 3 aromatic rings. The van der Waals surface area contributed by atoms with Crippen LogP contribution in [0.4, 0.5) is 13.2 Å². The molecule has 0 saturated carbocycles. The Morgan fingerprint density at radius 1 is 1.14 bits per heavy atom. The number of carbonyl (C=O) groups excluding carboxylic acids is 1. The number of nitrogens with zero attached hydrogens (tertiary/aromatic N) is 2. The van der Waals surface area contributed by atoms with Crippen molar-refractivity contribution in [3.63, 3.8) is 0 Å². The van der Waals surface area contributed by atoms with Gasteiger partial charge in [0, 0.05) is 27.3 Å². The van der Waals surface area contributed by atoms with Gasteiger partial charge in [-0.2, -0.15) is 13.2 Å². The molecule has 1 aliphatic rings.